The van der Waals surface area contributed by atoms with E-state index in [1.807, 2.05) is 17.4 Å². The molecular weight excluding hydrogens is 711 g/mol. The minimum atomic E-state index is 0.859. The van der Waals surface area contributed by atoms with Crippen molar-refractivity contribution in [1.29, 1.82) is 0 Å². The van der Waals surface area contributed by atoms with Crippen molar-refractivity contribution in [2.24, 2.45) is 0 Å². The molecular formula is C54H35NOS. The van der Waals surface area contributed by atoms with Gasteiger partial charge >= 0.3 is 0 Å². The highest BCUT2D eigenvalue weighted by Crippen LogP contribution is 2.46. The number of fused-ring (bicyclic) bond motifs is 6. The maximum Gasteiger partial charge on any atom is 0.159 e. The van der Waals surface area contributed by atoms with E-state index in [1.54, 1.807) is 0 Å². The summed E-state index contributed by atoms with van der Waals surface area (Å²) < 4.78 is 9.31. The number of hydrogen-bond acceptors (Lipinski definition) is 3. The van der Waals surface area contributed by atoms with Gasteiger partial charge in [0.2, 0.25) is 0 Å². The Bertz CT molecular complexity index is 3230. The van der Waals surface area contributed by atoms with Gasteiger partial charge in [0.25, 0.3) is 0 Å². The average molecular weight is 746 g/mol. The molecule has 0 N–H and O–H groups in total. The Balaban J connectivity index is 1.10. The van der Waals surface area contributed by atoms with Gasteiger partial charge in [0.1, 0.15) is 5.58 Å². The van der Waals surface area contributed by atoms with Crippen molar-refractivity contribution in [2.45, 2.75) is 0 Å². The quantitative estimate of drug-likeness (QED) is 0.162. The maximum atomic E-state index is 6.70. The van der Waals surface area contributed by atoms with Gasteiger partial charge in [-0.1, -0.05) is 164 Å². The predicted molar refractivity (Wildman–Crippen MR) is 243 cm³/mol. The molecule has 11 rings (SSSR count). The summed E-state index contributed by atoms with van der Waals surface area (Å²) in [6.45, 7) is 0. The first kappa shape index (κ1) is 33.2. The van der Waals surface area contributed by atoms with Crippen molar-refractivity contribution >= 4 is 70.5 Å². The highest BCUT2D eigenvalue weighted by atomic mass is 32.1. The van der Waals surface area contributed by atoms with Crippen molar-refractivity contribution in [3.05, 3.63) is 212 Å². The first-order chi connectivity index (χ1) is 28.3. The van der Waals surface area contributed by atoms with Gasteiger partial charge in [-0.2, -0.15) is 0 Å². The van der Waals surface area contributed by atoms with Crippen molar-refractivity contribution in [3.63, 3.8) is 0 Å². The van der Waals surface area contributed by atoms with Crippen molar-refractivity contribution in [1.82, 2.24) is 0 Å². The molecule has 3 heteroatoms. The second-order valence-corrected chi connectivity index (χ2v) is 15.5. The van der Waals surface area contributed by atoms with Crippen LogP contribution >= 0.6 is 11.3 Å². The molecule has 57 heavy (non-hydrogen) atoms. The number of thiophene rings is 1. The van der Waals surface area contributed by atoms with Crippen LogP contribution in [0.3, 0.4) is 0 Å². The van der Waals surface area contributed by atoms with Crippen LogP contribution < -0.4 is 4.90 Å². The SMILES string of the molecule is c1ccc(-c2ccccc2-c2ccc(N(c3ccc(-c4ccc5c(c4)sc4ccccc45)c(-c4ccccc4)c3)c3cccc4c3oc3ccccc34)cc2)cc1. The Hall–Kier alpha value is -7.20. The van der Waals surface area contributed by atoms with E-state index in [9.17, 15) is 0 Å². The first-order valence-corrected chi connectivity index (χ1v) is 20.1. The van der Waals surface area contributed by atoms with Crippen LogP contribution in [0, 0.1) is 0 Å². The molecule has 9 aromatic carbocycles. The van der Waals surface area contributed by atoms with Crippen molar-refractivity contribution < 1.29 is 4.42 Å². The van der Waals surface area contributed by atoms with Crippen LogP contribution in [-0.2, 0) is 0 Å². The van der Waals surface area contributed by atoms with Gasteiger partial charge in [0.05, 0.1) is 5.69 Å². The molecule has 0 saturated heterocycles. The molecule has 0 bridgehead atoms. The normalized spacial score (nSPS) is 11.5. The van der Waals surface area contributed by atoms with Gasteiger partial charge in [-0.25, -0.2) is 0 Å². The van der Waals surface area contributed by atoms with E-state index >= 15 is 0 Å². The summed E-state index contributed by atoms with van der Waals surface area (Å²) in [6.07, 6.45) is 0. The molecule has 0 atom stereocenters. The molecule has 0 fully saturated rings. The predicted octanol–water partition coefficient (Wildman–Crippen LogP) is 16.1. The average Bonchev–Trinajstić information content (AvgIpc) is 3.86. The number of anilines is 3. The fourth-order valence-corrected chi connectivity index (χ4v) is 9.55. The Morgan fingerprint density at radius 3 is 1.67 bits per heavy atom. The van der Waals surface area contributed by atoms with Crippen LogP contribution in [0.25, 0.3) is 86.6 Å². The van der Waals surface area contributed by atoms with Crippen LogP contribution in [0.1, 0.15) is 0 Å². The number of para-hydroxylation sites is 2. The highest BCUT2D eigenvalue weighted by Gasteiger charge is 2.22. The Kier molecular flexibility index (Phi) is 8.04. The van der Waals surface area contributed by atoms with E-state index in [2.05, 4.69) is 211 Å². The topological polar surface area (TPSA) is 16.4 Å². The molecule has 2 heterocycles. The van der Waals surface area contributed by atoms with Gasteiger partial charge in [-0.3, -0.25) is 0 Å². The molecule has 0 unspecified atom stereocenters. The molecule has 0 spiro atoms. The summed E-state index contributed by atoms with van der Waals surface area (Å²) in [4.78, 5) is 2.35. The number of rotatable bonds is 7. The Morgan fingerprint density at radius 1 is 0.333 bits per heavy atom. The lowest BCUT2D eigenvalue weighted by molar-refractivity contribution is 0.669. The zero-order valence-corrected chi connectivity index (χ0v) is 31.8. The van der Waals surface area contributed by atoms with Crippen LogP contribution in [0.15, 0.2) is 217 Å². The van der Waals surface area contributed by atoms with Gasteiger partial charge in [0.15, 0.2) is 5.58 Å². The maximum absolute atomic E-state index is 6.70. The second kappa shape index (κ2) is 13.8. The van der Waals surface area contributed by atoms with E-state index in [0.717, 1.165) is 44.6 Å². The molecule has 11 aromatic rings. The summed E-state index contributed by atoms with van der Waals surface area (Å²) in [5.74, 6) is 0. The van der Waals surface area contributed by atoms with E-state index in [1.165, 1.54) is 59.1 Å². The monoisotopic (exact) mass is 745 g/mol. The lowest BCUT2D eigenvalue weighted by Gasteiger charge is -2.27. The van der Waals surface area contributed by atoms with Crippen LogP contribution in [0.2, 0.25) is 0 Å². The molecule has 0 radical (unpaired) electrons. The zero-order valence-electron chi connectivity index (χ0n) is 31.0. The van der Waals surface area contributed by atoms with Gasteiger partial charge < -0.3 is 9.32 Å². The summed E-state index contributed by atoms with van der Waals surface area (Å²) in [5, 5.41) is 4.82. The van der Waals surface area contributed by atoms with E-state index in [4.69, 9.17) is 4.42 Å². The molecule has 2 nitrogen and oxygen atoms in total. The molecule has 0 aliphatic heterocycles. The van der Waals surface area contributed by atoms with Crippen LogP contribution in [0.4, 0.5) is 17.1 Å². The fourth-order valence-electron chi connectivity index (χ4n) is 8.40. The van der Waals surface area contributed by atoms with Crippen molar-refractivity contribution in [3.8, 4) is 44.5 Å². The van der Waals surface area contributed by atoms with Gasteiger partial charge in [0, 0.05) is 42.3 Å². The zero-order chi connectivity index (χ0) is 37.7. The molecule has 0 saturated carbocycles. The van der Waals surface area contributed by atoms with Crippen LogP contribution in [0.5, 0.6) is 0 Å². The third-order valence-corrected chi connectivity index (χ3v) is 12.2. The summed E-state index contributed by atoms with van der Waals surface area (Å²) in [6, 6.07) is 76.3. The first-order valence-electron chi connectivity index (χ1n) is 19.3. The highest BCUT2D eigenvalue weighted by molar-refractivity contribution is 7.25. The molecule has 0 aliphatic rings. The largest absolute Gasteiger partial charge is 0.454 e. The lowest BCUT2D eigenvalue weighted by Crippen LogP contribution is -2.10. The van der Waals surface area contributed by atoms with E-state index in [0.29, 0.717) is 0 Å². The number of nitrogens with zero attached hydrogens (tertiary/aromatic N) is 1. The number of benzene rings is 9. The standard InChI is InChI=1S/C54H35NOS/c1-3-14-36(15-4-1)42-18-7-8-19-43(42)38-26-29-40(30-27-38)55(50-23-13-22-48-45-20-9-11-24-51(45)56-54(48)50)41-31-33-44(49(35-41)37-16-5-2-6-17-37)39-28-32-47-46-21-10-12-25-52(46)57-53(47)34-39/h1-35H. The minimum Gasteiger partial charge on any atom is -0.454 e. The summed E-state index contributed by atoms with van der Waals surface area (Å²) in [5.41, 5.74) is 14.3. The smallest absolute Gasteiger partial charge is 0.159 e. The Labute approximate surface area is 335 Å². The van der Waals surface area contributed by atoms with Crippen LogP contribution in [-0.4, -0.2) is 0 Å². The summed E-state index contributed by atoms with van der Waals surface area (Å²) in [7, 11) is 0. The second-order valence-electron chi connectivity index (χ2n) is 14.5. The lowest BCUT2D eigenvalue weighted by atomic mass is 9.93. The van der Waals surface area contributed by atoms with Gasteiger partial charge in [-0.15, -0.1) is 11.3 Å². The minimum absolute atomic E-state index is 0.859. The third-order valence-electron chi connectivity index (χ3n) is 11.1. The molecule has 0 aliphatic carbocycles. The van der Waals surface area contributed by atoms with Crippen molar-refractivity contribution in [2.75, 3.05) is 4.90 Å². The molecule has 2 aromatic heterocycles. The third kappa shape index (κ3) is 5.80. The fraction of sp³-hybridized carbons (Fsp3) is 0. The molecule has 268 valence electrons. The Morgan fingerprint density at radius 2 is 0.895 bits per heavy atom. The molecule has 0 amide bonds. The van der Waals surface area contributed by atoms with E-state index < -0.39 is 0 Å². The number of furan rings is 1. The summed E-state index contributed by atoms with van der Waals surface area (Å²) >= 11 is 1.86. The number of hydrogen-bond donors (Lipinski definition) is 0. The van der Waals surface area contributed by atoms with Gasteiger partial charge in [-0.05, 0) is 93.0 Å². The van der Waals surface area contributed by atoms with E-state index in [-0.39, 0.29) is 0 Å².